The number of thioether (sulfide) groups is 1. The third-order valence-electron chi connectivity index (χ3n) is 4.55. The summed E-state index contributed by atoms with van der Waals surface area (Å²) in [5.74, 6) is 0.749. The van der Waals surface area contributed by atoms with Crippen LogP contribution in [0.2, 0.25) is 0 Å². The van der Waals surface area contributed by atoms with Gasteiger partial charge in [0.15, 0.2) is 5.16 Å². The van der Waals surface area contributed by atoms with Gasteiger partial charge in [0.25, 0.3) is 5.56 Å². The minimum Gasteiger partial charge on any atom is -0.370 e. The average molecular weight is 380 g/mol. The predicted octanol–water partition coefficient (Wildman–Crippen LogP) is 3.35. The van der Waals surface area contributed by atoms with Gasteiger partial charge in [0.05, 0.1) is 5.39 Å². The molecule has 3 rings (SSSR count). The smallest absolute Gasteiger partial charge is 0.263 e. The highest BCUT2D eigenvalue weighted by molar-refractivity contribution is 7.99. The largest absolute Gasteiger partial charge is 0.370 e. The van der Waals surface area contributed by atoms with Crippen molar-refractivity contribution in [1.29, 1.82) is 0 Å². The molecule has 0 radical (unpaired) electrons. The highest BCUT2D eigenvalue weighted by Crippen LogP contribution is 2.34. The lowest BCUT2D eigenvalue weighted by atomic mass is 9.97. The Morgan fingerprint density at radius 1 is 1.36 bits per heavy atom. The molecule has 1 aliphatic carbocycles. The molecule has 2 heterocycles. The van der Waals surface area contributed by atoms with Crippen molar-refractivity contribution < 1.29 is 4.79 Å². The predicted molar refractivity (Wildman–Crippen MR) is 105 cm³/mol. The first-order chi connectivity index (χ1) is 12.0. The molecular weight excluding hydrogens is 354 g/mol. The van der Waals surface area contributed by atoms with E-state index in [0.717, 1.165) is 41.1 Å². The normalized spacial score (nSPS) is 14.2. The molecule has 0 aromatic carbocycles. The zero-order valence-corrected chi connectivity index (χ0v) is 16.5. The summed E-state index contributed by atoms with van der Waals surface area (Å²) >= 11 is 3.13. The average Bonchev–Trinajstić information content (AvgIpc) is 2.92. The van der Waals surface area contributed by atoms with Gasteiger partial charge in [-0.15, -0.1) is 11.3 Å². The number of carbonyl (C=O) groups is 1. The number of thiophene rings is 1. The van der Waals surface area contributed by atoms with Crippen molar-refractivity contribution in [2.75, 3.05) is 5.75 Å². The maximum Gasteiger partial charge on any atom is 0.263 e. The van der Waals surface area contributed by atoms with Crippen molar-refractivity contribution in [3.8, 4) is 0 Å². The van der Waals surface area contributed by atoms with E-state index < -0.39 is 0 Å². The van der Waals surface area contributed by atoms with Crippen LogP contribution in [0.5, 0.6) is 0 Å². The molecule has 0 saturated carbocycles. The van der Waals surface area contributed by atoms with E-state index in [4.69, 9.17) is 10.7 Å². The van der Waals surface area contributed by atoms with Gasteiger partial charge in [0.2, 0.25) is 5.91 Å². The Morgan fingerprint density at radius 3 is 2.84 bits per heavy atom. The first kappa shape index (κ1) is 18.5. The minimum absolute atomic E-state index is 0.0895. The van der Waals surface area contributed by atoms with E-state index in [-0.39, 0.29) is 11.5 Å². The van der Waals surface area contributed by atoms with Crippen LogP contribution in [0, 0.1) is 5.92 Å². The van der Waals surface area contributed by atoms with Gasteiger partial charge in [-0.25, -0.2) is 4.98 Å². The second kappa shape index (κ2) is 7.91. The molecule has 0 unspecified atom stereocenters. The second-order valence-electron chi connectivity index (χ2n) is 6.99. The van der Waals surface area contributed by atoms with Crippen molar-refractivity contribution in [2.24, 2.45) is 11.7 Å². The van der Waals surface area contributed by atoms with Gasteiger partial charge in [0.1, 0.15) is 4.83 Å². The van der Waals surface area contributed by atoms with Gasteiger partial charge >= 0.3 is 0 Å². The third-order valence-corrected chi connectivity index (χ3v) is 6.71. The van der Waals surface area contributed by atoms with Crippen molar-refractivity contribution in [3.63, 3.8) is 0 Å². The molecule has 2 N–H and O–H groups in total. The maximum absolute atomic E-state index is 13.2. The van der Waals surface area contributed by atoms with Gasteiger partial charge in [-0.1, -0.05) is 25.6 Å². The molecule has 0 saturated heterocycles. The zero-order valence-electron chi connectivity index (χ0n) is 14.8. The number of aromatic nitrogens is 2. The Balaban J connectivity index is 2.03. The number of nitrogens with zero attached hydrogens (tertiary/aromatic N) is 2. The second-order valence-corrected chi connectivity index (χ2v) is 9.14. The Hall–Kier alpha value is -1.34. The summed E-state index contributed by atoms with van der Waals surface area (Å²) in [6, 6.07) is 0. The lowest BCUT2D eigenvalue weighted by molar-refractivity contribution is -0.117. The van der Waals surface area contributed by atoms with E-state index in [2.05, 4.69) is 13.8 Å². The summed E-state index contributed by atoms with van der Waals surface area (Å²) in [7, 11) is 0. The lowest BCUT2D eigenvalue weighted by Gasteiger charge is -2.14. The van der Waals surface area contributed by atoms with E-state index in [1.54, 1.807) is 11.3 Å². The first-order valence-electron chi connectivity index (χ1n) is 8.93. The number of fused-ring (bicyclic) bond motifs is 3. The summed E-state index contributed by atoms with van der Waals surface area (Å²) in [6.07, 6.45) is 5.63. The number of primary amides is 1. The SMILES string of the molecule is CC(C)CCn1c(SCCC(N)=O)nc2sc3c(c2c1=O)CCCC3. The van der Waals surface area contributed by atoms with Crippen LogP contribution in [0.4, 0.5) is 0 Å². The molecule has 136 valence electrons. The number of carbonyl (C=O) groups excluding carboxylic acids is 1. The van der Waals surface area contributed by atoms with E-state index in [9.17, 15) is 9.59 Å². The quantitative estimate of drug-likeness (QED) is 0.591. The van der Waals surface area contributed by atoms with Crippen molar-refractivity contribution in [2.45, 2.75) is 64.1 Å². The van der Waals surface area contributed by atoms with Crippen LogP contribution in [-0.2, 0) is 24.2 Å². The number of nitrogens with two attached hydrogens (primary N) is 1. The van der Waals surface area contributed by atoms with Crippen LogP contribution in [0.25, 0.3) is 10.2 Å². The summed E-state index contributed by atoms with van der Waals surface area (Å²) < 4.78 is 1.82. The monoisotopic (exact) mass is 379 g/mol. The molecule has 0 atom stereocenters. The Labute approximate surface area is 156 Å². The standard InChI is InChI=1S/C18H25N3O2S2/c1-11(2)7-9-21-17(23)15-12-5-3-4-6-13(12)25-16(15)20-18(21)24-10-8-14(19)22/h11H,3-10H2,1-2H3,(H2,19,22). The molecule has 2 aromatic rings. The Bertz CT molecular complexity index is 839. The van der Waals surface area contributed by atoms with Gasteiger partial charge < -0.3 is 5.73 Å². The Kier molecular flexibility index (Phi) is 5.84. The van der Waals surface area contributed by atoms with E-state index >= 15 is 0 Å². The van der Waals surface area contributed by atoms with Gasteiger partial charge in [-0.2, -0.15) is 0 Å². The molecule has 0 aliphatic heterocycles. The molecule has 0 bridgehead atoms. The van der Waals surface area contributed by atoms with Crippen molar-refractivity contribution >= 4 is 39.2 Å². The van der Waals surface area contributed by atoms with Crippen LogP contribution in [0.1, 0.15) is 50.0 Å². The highest BCUT2D eigenvalue weighted by Gasteiger charge is 2.22. The summed E-state index contributed by atoms with van der Waals surface area (Å²) in [4.78, 5) is 31.2. The first-order valence-corrected chi connectivity index (χ1v) is 10.7. The van der Waals surface area contributed by atoms with Crippen LogP contribution in [-0.4, -0.2) is 21.2 Å². The van der Waals surface area contributed by atoms with Gasteiger partial charge in [0, 0.05) is 23.6 Å². The third kappa shape index (κ3) is 4.08. The van der Waals surface area contributed by atoms with E-state index in [1.165, 1.54) is 28.6 Å². The fourth-order valence-corrected chi connectivity index (χ4v) is 5.44. The molecule has 0 fully saturated rings. The van der Waals surface area contributed by atoms with Crippen molar-refractivity contribution in [1.82, 2.24) is 9.55 Å². The van der Waals surface area contributed by atoms with E-state index in [1.807, 2.05) is 4.57 Å². The summed E-state index contributed by atoms with van der Waals surface area (Å²) in [5.41, 5.74) is 6.56. The minimum atomic E-state index is -0.323. The zero-order chi connectivity index (χ0) is 18.0. The Morgan fingerprint density at radius 2 is 2.12 bits per heavy atom. The number of aryl methyl sites for hydroxylation is 2. The number of rotatable bonds is 7. The molecule has 0 spiro atoms. The highest BCUT2D eigenvalue weighted by atomic mass is 32.2. The molecule has 25 heavy (non-hydrogen) atoms. The number of hydrogen-bond acceptors (Lipinski definition) is 5. The molecular formula is C18H25N3O2S2. The molecule has 1 amide bonds. The maximum atomic E-state index is 13.2. The number of hydrogen-bond donors (Lipinski definition) is 1. The van der Waals surface area contributed by atoms with Gasteiger partial charge in [-0.05, 0) is 43.6 Å². The summed E-state index contributed by atoms with van der Waals surface area (Å²) in [6.45, 7) is 4.98. The summed E-state index contributed by atoms with van der Waals surface area (Å²) in [5, 5.41) is 1.56. The molecule has 7 heteroatoms. The molecule has 2 aromatic heterocycles. The van der Waals surface area contributed by atoms with Crippen LogP contribution in [0.3, 0.4) is 0 Å². The molecule has 5 nitrogen and oxygen atoms in total. The van der Waals surface area contributed by atoms with Crippen LogP contribution >= 0.6 is 23.1 Å². The van der Waals surface area contributed by atoms with Gasteiger partial charge in [-0.3, -0.25) is 14.2 Å². The van der Waals surface area contributed by atoms with E-state index in [0.29, 0.717) is 24.6 Å². The topological polar surface area (TPSA) is 78.0 Å². The number of amides is 1. The fraction of sp³-hybridized carbons (Fsp3) is 0.611. The van der Waals surface area contributed by atoms with Crippen LogP contribution < -0.4 is 11.3 Å². The lowest BCUT2D eigenvalue weighted by Crippen LogP contribution is -2.24. The van der Waals surface area contributed by atoms with Crippen LogP contribution in [0.15, 0.2) is 9.95 Å². The molecule has 1 aliphatic rings. The van der Waals surface area contributed by atoms with Crippen molar-refractivity contribution in [3.05, 3.63) is 20.8 Å². The fourth-order valence-electron chi connectivity index (χ4n) is 3.16.